The van der Waals surface area contributed by atoms with Gasteiger partial charge in [0.05, 0.1) is 39.3 Å². The van der Waals surface area contributed by atoms with Gasteiger partial charge in [0.1, 0.15) is 5.97 Å². The molecule has 19 heteroatoms. The van der Waals surface area contributed by atoms with Crippen molar-refractivity contribution in [1.82, 2.24) is 9.80 Å². The highest BCUT2D eigenvalue weighted by Crippen LogP contribution is 2.14. The van der Waals surface area contributed by atoms with Gasteiger partial charge in [-0.3, -0.25) is 9.80 Å². The van der Waals surface area contributed by atoms with E-state index in [1.165, 1.54) is 129 Å². The molecule has 0 saturated carbocycles. The first-order valence-electron chi connectivity index (χ1n) is 23.3. The van der Waals surface area contributed by atoms with Crippen molar-refractivity contribution in [2.24, 2.45) is 0 Å². The van der Waals surface area contributed by atoms with Gasteiger partial charge in [-0.25, -0.2) is 9.59 Å². The number of halogens is 9. The summed E-state index contributed by atoms with van der Waals surface area (Å²) in [6.45, 7) is 43.6. The maximum atomic E-state index is 10.6. The molecule has 402 valence electrons. The number of rotatable bonds is 38. The average molecular weight is 1010 g/mol. The largest absolute Gasteiger partial charge is 0.542 e. The van der Waals surface area contributed by atoms with E-state index in [2.05, 4.69) is 62.4 Å². The van der Waals surface area contributed by atoms with Crippen LogP contribution in [0.5, 0.6) is 0 Å². The molecule has 0 atom stereocenters. The number of hydrogen-bond acceptors (Lipinski definition) is 6. The fourth-order valence-electron chi connectivity index (χ4n) is 6.18. The molecule has 69 heavy (non-hydrogen) atoms. The van der Waals surface area contributed by atoms with Crippen LogP contribution in [0.25, 0.3) is 0 Å². The lowest BCUT2D eigenvalue weighted by Gasteiger charge is -2.18. The highest BCUT2D eigenvalue weighted by atomic mass is 19.4. The molecule has 0 aliphatic carbocycles. The first-order valence-corrected chi connectivity index (χ1v) is 23.3. The van der Waals surface area contributed by atoms with Gasteiger partial charge in [0.25, 0.3) is 0 Å². The van der Waals surface area contributed by atoms with Crippen molar-refractivity contribution in [3.63, 3.8) is 0 Å². The number of nitrogens with zero attached hydrogens (tertiary/aromatic N) is 2. The van der Waals surface area contributed by atoms with Gasteiger partial charge in [-0.1, -0.05) is 115 Å². The summed E-state index contributed by atoms with van der Waals surface area (Å²) in [5.41, 5.74) is 0. The van der Waals surface area contributed by atoms with Crippen molar-refractivity contribution in [3.05, 3.63) is 101 Å². The second-order valence-corrected chi connectivity index (χ2v) is 15.7. The number of aliphatic carboxylic acids is 3. The molecule has 0 unspecified atom stereocenters. The van der Waals surface area contributed by atoms with Crippen LogP contribution in [0.15, 0.2) is 101 Å². The van der Waals surface area contributed by atoms with E-state index in [0.29, 0.717) is 0 Å². The monoisotopic (exact) mass is 1010 g/mol. The number of carboxylic acids is 3. The van der Waals surface area contributed by atoms with Crippen LogP contribution in [0, 0.1) is 0 Å². The van der Waals surface area contributed by atoms with E-state index in [9.17, 15) is 39.5 Å². The SMILES string of the molecule is C=CCN(CC=C)CCCCCCCCCCN(CC=C)CC=C.C=CC[NH+](CC=C)CCCCCCCCCC[NH+](CC=C)CC=C.O=C(O)C(F)(F)F.O=C(O)C(F)(F)F.O=C([O-])C(F)(F)F. The summed E-state index contributed by atoms with van der Waals surface area (Å²) in [5.74, 6) is -8.52. The van der Waals surface area contributed by atoms with Gasteiger partial charge < -0.3 is 29.9 Å². The fraction of sp³-hybridized carbons (Fsp3) is 0.620. The third-order valence-electron chi connectivity index (χ3n) is 9.51. The van der Waals surface area contributed by atoms with E-state index in [1.807, 2.05) is 48.6 Å². The molecule has 0 aromatic rings. The van der Waals surface area contributed by atoms with Gasteiger partial charge in [0.15, 0.2) is 0 Å². The Morgan fingerprint density at radius 3 is 0.739 bits per heavy atom. The third-order valence-corrected chi connectivity index (χ3v) is 9.51. The summed E-state index contributed by atoms with van der Waals surface area (Å²) in [6, 6.07) is 0. The lowest BCUT2D eigenvalue weighted by atomic mass is 10.1. The summed E-state index contributed by atoms with van der Waals surface area (Å²) in [6.07, 6.45) is 22.4. The molecule has 10 nitrogen and oxygen atoms in total. The maximum absolute atomic E-state index is 10.6. The number of quaternary nitrogens is 2. The first-order chi connectivity index (χ1) is 32.4. The number of alkyl halides is 9. The smallest absolute Gasteiger partial charge is 0.490 e. The number of carboxylic acid groups (broad SMARTS) is 3. The first kappa shape index (κ1) is 73.5. The summed E-state index contributed by atoms with van der Waals surface area (Å²) < 4.78 is 95.0. The second kappa shape index (κ2) is 49.9. The predicted octanol–water partition coefficient (Wildman–Crippen LogP) is 8.64. The molecule has 0 aromatic heterocycles. The van der Waals surface area contributed by atoms with Crippen LogP contribution in [0.4, 0.5) is 39.5 Å². The minimum atomic E-state index is -5.19. The standard InChI is InChI=1S/2C22H40N2.3C2HF3O2/c2*1-5-17-23(18-6-2)21-15-13-11-9-10-12-14-16-22-24(19-7-3)20-8-4;3*3-2(4,5)1(6)7/h2*5-8H,1-4,9-22H2;3*(H,6,7)/p+1. The minimum absolute atomic E-state index is 0.973. The van der Waals surface area contributed by atoms with Crippen molar-refractivity contribution in [2.75, 3.05) is 78.5 Å². The molecular formula is C50H84F9N4O6+. The van der Waals surface area contributed by atoms with Crippen LogP contribution in [-0.4, -0.2) is 135 Å². The number of unbranched alkanes of at least 4 members (excludes halogenated alkanes) is 14. The molecule has 0 spiro atoms. The van der Waals surface area contributed by atoms with Gasteiger partial charge in [-0.05, 0) is 75.9 Å². The van der Waals surface area contributed by atoms with E-state index in [-0.39, 0.29) is 0 Å². The summed E-state index contributed by atoms with van der Waals surface area (Å²) in [4.78, 5) is 34.6. The van der Waals surface area contributed by atoms with E-state index in [4.69, 9.17) is 29.7 Å². The molecule has 0 aliphatic heterocycles. The molecular weight excluding hydrogens is 924 g/mol. The van der Waals surface area contributed by atoms with Gasteiger partial charge in [0.2, 0.25) is 0 Å². The van der Waals surface area contributed by atoms with Crippen molar-refractivity contribution >= 4 is 17.9 Å². The topological polar surface area (TPSA) is 130 Å². The Morgan fingerprint density at radius 1 is 0.391 bits per heavy atom. The summed E-state index contributed by atoms with van der Waals surface area (Å²) in [5, 5.41) is 23.0. The fourth-order valence-corrected chi connectivity index (χ4v) is 6.18. The van der Waals surface area contributed by atoms with Crippen LogP contribution in [0.1, 0.15) is 103 Å². The Kier molecular flexibility index (Phi) is 53.2. The predicted molar refractivity (Wildman–Crippen MR) is 258 cm³/mol. The van der Waals surface area contributed by atoms with Gasteiger partial charge in [0, 0.05) is 26.2 Å². The van der Waals surface area contributed by atoms with Crippen molar-refractivity contribution in [2.45, 2.75) is 121 Å². The minimum Gasteiger partial charge on any atom is -0.542 e. The van der Waals surface area contributed by atoms with Crippen LogP contribution in [0.2, 0.25) is 0 Å². The van der Waals surface area contributed by atoms with Gasteiger partial charge >= 0.3 is 30.5 Å². The lowest BCUT2D eigenvalue weighted by Crippen LogP contribution is -3.11. The highest BCUT2D eigenvalue weighted by Gasteiger charge is 2.39. The number of carbonyl (C=O) groups is 3. The van der Waals surface area contributed by atoms with E-state index >= 15 is 0 Å². The third kappa shape index (κ3) is 59.6. The zero-order chi connectivity index (χ0) is 54.0. The summed E-state index contributed by atoms with van der Waals surface area (Å²) in [7, 11) is 0. The molecule has 0 aliphatic rings. The number of hydrogen-bond donors (Lipinski definition) is 4. The van der Waals surface area contributed by atoms with Gasteiger partial charge in [-0.15, -0.1) is 26.3 Å². The quantitative estimate of drug-likeness (QED) is 0.0275. The Morgan fingerprint density at radius 2 is 0.580 bits per heavy atom. The normalized spacial score (nSPS) is 11.0. The Bertz CT molecular complexity index is 1130. The van der Waals surface area contributed by atoms with Crippen LogP contribution < -0.4 is 14.9 Å². The van der Waals surface area contributed by atoms with Crippen molar-refractivity contribution < 1.29 is 79.0 Å². The molecule has 0 saturated heterocycles. The maximum Gasteiger partial charge on any atom is 0.490 e. The van der Waals surface area contributed by atoms with E-state index in [0.717, 1.165) is 52.4 Å². The molecule has 0 fully saturated rings. The molecule has 0 rings (SSSR count). The number of carbonyl (C=O) groups excluding carboxylic acids is 1. The van der Waals surface area contributed by atoms with Crippen LogP contribution >= 0.6 is 0 Å². The zero-order valence-electron chi connectivity index (χ0n) is 40.9. The molecule has 0 aromatic carbocycles. The number of nitrogens with one attached hydrogen (secondary N) is 2. The molecule has 0 heterocycles. The van der Waals surface area contributed by atoms with Crippen LogP contribution in [0.3, 0.4) is 0 Å². The van der Waals surface area contributed by atoms with E-state index in [1.54, 1.807) is 9.80 Å². The summed E-state index contributed by atoms with van der Waals surface area (Å²) >= 11 is 0. The zero-order valence-corrected chi connectivity index (χ0v) is 40.9. The molecule has 0 radical (unpaired) electrons. The average Bonchev–Trinajstić information content (AvgIpc) is 3.25. The van der Waals surface area contributed by atoms with Crippen LogP contribution in [-0.2, 0) is 14.4 Å². The Hall–Kier alpha value is -4.46. The van der Waals surface area contributed by atoms with Gasteiger partial charge in [-0.2, -0.15) is 39.5 Å². The highest BCUT2D eigenvalue weighted by molar-refractivity contribution is 5.73. The Balaban J connectivity index is -0.000000280. The van der Waals surface area contributed by atoms with Crippen molar-refractivity contribution in [3.8, 4) is 0 Å². The molecule has 0 bridgehead atoms. The Labute approximate surface area is 407 Å². The molecule has 0 amide bonds. The van der Waals surface area contributed by atoms with Crippen molar-refractivity contribution in [1.29, 1.82) is 0 Å². The second-order valence-electron chi connectivity index (χ2n) is 15.7. The lowest BCUT2D eigenvalue weighted by molar-refractivity contribution is -0.888. The molecule has 4 N–H and O–H groups in total. The van der Waals surface area contributed by atoms with E-state index < -0.39 is 36.4 Å².